The number of nitrogen functional groups attached to an aromatic ring is 1. The van der Waals surface area contributed by atoms with Gasteiger partial charge in [-0.05, 0) is 12.1 Å². The summed E-state index contributed by atoms with van der Waals surface area (Å²) in [6, 6.07) is 2.79. The second kappa shape index (κ2) is 12.2. The van der Waals surface area contributed by atoms with E-state index in [1.54, 1.807) is 0 Å². The van der Waals surface area contributed by atoms with Crippen molar-refractivity contribution in [2.45, 2.75) is 7.43 Å². The highest BCUT2D eigenvalue weighted by Gasteiger charge is 2.15. The number of ether oxygens (including phenoxy) is 3. The number of H-pyrrole nitrogens is 1. The molecule has 0 spiro atoms. The van der Waals surface area contributed by atoms with E-state index in [4.69, 9.17) is 5.73 Å². The number of esters is 3. The first-order valence-electron chi connectivity index (χ1n) is 8.69. The van der Waals surface area contributed by atoms with Crippen LogP contribution < -0.4 is 11.3 Å². The quantitative estimate of drug-likeness (QED) is 0.318. The molecule has 3 aromatic rings. The van der Waals surface area contributed by atoms with Crippen LogP contribution in [0.3, 0.4) is 0 Å². The van der Waals surface area contributed by atoms with Gasteiger partial charge in [-0.25, -0.2) is 34.3 Å². The lowest BCUT2D eigenvalue weighted by molar-refractivity contribution is -0.134. The Labute approximate surface area is 187 Å². The highest BCUT2D eigenvalue weighted by Crippen LogP contribution is 2.15. The van der Waals surface area contributed by atoms with Crippen LogP contribution in [0.15, 0.2) is 35.7 Å². The van der Waals surface area contributed by atoms with Gasteiger partial charge in [0.15, 0.2) is 11.4 Å². The molecular weight excluding hydrogens is 436 g/mol. The molecule has 33 heavy (non-hydrogen) atoms. The smallest absolute Gasteiger partial charge is 0.357 e. The molecule has 3 rings (SSSR count). The molecule has 0 bridgehead atoms. The van der Waals surface area contributed by atoms with Crippen LogP contribution in [0.5, 0.6) is 0 Å². The van der Waals surface area contributed by atoms with Crippen LogP contribution in [0.2, 0.25) is 0 Å². The Morgan fingerprint density at radius 3 is 2.15 bits per heavy atom. The minimum absolute atomic E-state index is 0. The van der Waals surface area contributed by atoms with Crippen molar-refractivity contribution in [3.05, 3.63) is 58.2 Å². The van der Waals surface area contributed by atoms with E-state index in [9.17, 15) is 19.2 Å². The molecular formula is C20H22N6O7. The summed E-state index contributed by atoms with van der Waals surface area (Å²) in [5, 5.41) is 0.462. The molecule has 0 saturated heterocycles. The lowest BCUT2D eigenvalue weighted by Crippen LogP contribution is -2.10. The molecule has 0 aromatic carbocycles. The highest BCUT2D eigenvalue weighted by atomic mass is 16.5. The maximum Gasteiger partial charge on any atom is 0.357 e. The fraction of sp³-hybridized carbons (Fsp3) is 0.200. The Hall–Kier alpha value is -4.68. The van der Waals surface area contributed by atoms with E-state index in [1.807, 2.05) is 0 Å². The van der Waals surface area contributed by atoms with Crippen LogP contribution in [-0.2, 0) is 19.0 Å². The summed E-state index contributed by atoms with van der Waals surface area (Å²) in [5.41, 5.74) is 5.95. The zero-order valence-corrected chi connectivity index (χ0v) is 17.2. The van der Waals surface area contributed by atoms with Crippen molar-refractivity contribution in [1.29, 1.82) is 0 Å². The molecule has 0 radical (unpaired) electrons. The first-order chi connectivity index (χ1) is 15.3. The van der Waals surface area contributed by atoms with Crippen LogP contribution in [0.1, 0.15) is 34.0 Å². The monoisotopic (exact) mass is 458 g/mol. The average Bonchev–Trinajstić information content (AvgIpc) is 2.81. The van der Waals surface area contributed by atoms with Gasteiger partial charge in [-0.3, -0.25) is 4.79 Å². The number of pyridine rings is 1. The Morgan fingerprint density at radius 1 is 0.909 bits per heavy atom. The SMILES string of the molecule is C.COC(=O)/C=C/c1c(N)ncnc1C(=O)OC.COC(=O)c1ncnc2[nH]c(=O)ccc12. The fourth-order valence-corrected chi connectivity index (χ4v) is 2.28. The number of carbonyl (C=O) groups is 3. The zero-order valence-electron chi connectivity index (χ0n) is 17.2. The normalized spacial score (nSPS) is 9.91. The molecule has 0 aliphatic heterocycles. The van der Waals surface area contributed by atoms with Gasteiger partial charge in [0, 0.05) is 12.1 Å². The molecule has 3 aromatic heterocycles. The van der Waals surface area contributed by atoms with Gasteiger partial charge in [-0.15, -0.1) is 0 Å². The molecule has 13 heteroatoms. The Kier molecular flexibility index (Phi) is 9.78. The third-order valence-electron chi connectivity index (χ3n) is 3.79. The summed E-state index contributed by atoms with van der Waals surface area (Å²) in [6.07, 6.45) is 4.75. The van der Waals surface area contributed by atoms with Crippen molar-refractivity contribution in [2.75, 3.05) is 27.1 Å². The number of hydrogen-bond acceptors (Lipinski definition) is 12. The number of fused-ring (bicyclic) bond motifs is 1. The second-order valence-corrected chi connectivity index (χ2v) is 5.67. The van der Waals surface area contributed by atoms with Crippen molar-refractivity contribution in [1.82, 2.24) is 24.9 Å². The van der Waals surface area contributed by atoms with Crippen molar-refractivity contribution >= 4 is 40.8 Å². The Balaban J connectivity index is 0.000000322. The lowest BCUT2D eigenvalue weighted by atomic mass is 10.2. The first-order valence-corrected chi connectivity index (χ1v) is 8.69. The third kappa shape index (κ3) is 6.65. The first kappa shape index (κ1) is 26.4. The van der Waals surface area contributed by atoms with Crippen molar-refractivity contribution in [2.24, 2.45) is 0 Å². The van der Waals surface area contributed by atoms with E-state index < -0.39 is 17.9 Å². The van der Waals surface area contributed by atoms with Gasteiger partial charge in [0.05, 0.1) is 32.3 Å². The van der Waals surface area contributed by atoms with Crippen LogP contribution in [0, 0.1) is 0 Å². The molecule has 3 heterocycles. The summed E-state index contributed by atoms with van der Waals surface area (Å²) in [6.45, 7) is 0. The van der Waals surface area contributed by atoms with E-state index in [0.717, 1.165) is 12.4 Å². The molecule has 0 atom stereocenters. The molecule has 3 N–H and O–H groups in total. The molecule has 0 fully saturated rings. The number of methoxy groups -OCH3 is 3. The number of rotatable bonds is 4. The molecule has 0 saturated carbocycles. The van der Waals surface area contributed by atoms with E-state index >= 15 is 0 Å². The van der Waals surface area contributed by atoms with Crippen LogP contribution in [-0.4, -0.2) is 64.2 Å². The minimum Gasteiger partial charge on any atom is -0.466 e. The van der Waals surface area contributed by atoms with Gasteiger partial charge >= 0.3 is 17.9 Å². The number of aromatic nitrogens is 5. The van der Waals surface area contributed by atoms with Crippen molar-refractivity contribution in [3.8, 4) is 0 Å². The van der Waals surface area contributed by atoms with Crippen molar-refractivity contribution < 1.29 is 28.6 Å². The Bertz CT molecular complexity index is 1240. The van der Waals surface area contributed by atoms with Gasteiger partial charge < -0.3 is 24.9 Å². The predicted octanol–water partition coefficient (Wildman–Crippen LogP) is 0.772. The number of nitrogens with two attached hydrogens (primary N) is 1. The maximum absolute atomic E-state index is 11.4. The topological polar surface area (TPSA) is 189 Å². The highest BCUT2D eigenvalue weighted by molar-refractivity contribution is 6.00. The molecule has 0 aliphatic rings. The number of anilines is 1. The number of aromatic amines is 1. The summed E-state index contributed by atoms with van der Waals surface area (Å²) >= 11 is 0. The molecule has 0 amide bonds. The third-order valence-corrected chi connectivity index (χ3v) is 3.79. The average molecular weight is 458 g/mol. The number of nitrogens with one attached hydrogen (secondary N) is 1. The van der Waals surface area contributed by atoms with E-state index in [1.165, 1.54) is 45.9 Å². The number of carbonyl (C=O) groups excluding carboxylic acids is 3. The maximum atomic E-state index is 11.4. The van der Waals surface area contributed by atoms with Gasteiger partial charge in [0.25, 0.3) is 0 Å². The fourth-order valence-electron chi connectivity index (χ4n) is 2.28. The van der Waals surface area contributed by atoms with E-state index in [2.05, 4.69) is 39.1 Å². The lowest BCUT2D eigenvalue weighted by Gasteiger charge is -2.04. The van der Waals surface area contributed by atoms with Crippen LogP contribution in [0.4, 0.5) is 5.82 Å². The van der Waals surface area contributed by atoms with Gasteiger partial charge in [0.2, 0.25) is 5.56 Å². The molecule has 0 aliphatic carbocycles. The molecule has 13 nitrogen and oxygen atoms in total. The second-order valence-electron chi connectivity index (χ2n) is 5.67. The van der Waals surface area contributed by atoms with E-state index in [0.29, 0.717) is 11.0 Å². The molecule has 174 valence electrons. The largest absolute Gasteiger partial charge is 0.466 e. The summed E-state index contributed by atoms with van der Waals surface area (Å²) in [5.74, 6) is -1.73. The summed E-state index contributed by atoms with van der Waals surface area (Å²) < 4.78 is 13.5. The Morgan fingerprint density at radius 2 is 1.52 bits per heavy atom. The van der Waals surface area contributed by atoms with Gasteiger partial charge in [-0.2, -0.15) is 0 Å². The van der Waals surface area contributed by atoms with Gasteiger partial charge in [-0.1, -0.05) is 7.43 Å². The van der Waals surface area contributed by atoms with Crippen LogP contribution >= 0.6 is 0 Å². The van der Waals surface area contributed by atoms with Gasteiger partial charge in [0.1, 0.15) is 24.1 Å². The zero-order chi connectivity index (χ0) is 23.7. The van der Waals surface area contributed by atoms with E-state index in [-0.39, 0.29) is 35.8 Å². The summed E-state index contributed by atoms with van der Waals surface area (Å²) in [7, 11) is 3.72. The standard InChI is InChI=1S/C10H11N3O4.C9H7N3O3.CH4/c1-16-7(14)4-3-6-8(10(15)17-2)12-5-13-9(6)11;1-15-9(14)7-5-2-3-6(13)12-8(5)11-4-10-7;/h3-5H,1-2H3,(H2,11,12,13);2-4H,1H3,(H,10,11,12,13);1H4/b4-3+;;. The van der Waals surface area contributed by atoms with Crippen LogP contribution in [0.25, 0.3) is 17.1 Å². The predicted molar refractivity (Wildman–Crippen MR) is 117 cm³/mol. The number of hydrogen-bond donors (Lipinski definition) is 2. The minimum atomic E-state index is -0.663. The summed E-state index contributed by atoms with van der Waals surface area (Å²) in [4.78, 5) is 62.2. The van der Waals surface area contributed by atoms with Crippen molar-refractivity contribution in [3.63, 3.8) is 0 Å². The number of nitrogens with zero attached hydrogens (tertiary/aromatic N) is 4. The molecule has 0 unspecified atom stereocenters.